The molecule has 0 radical (unpaired) electrons. The highest BCUT2D eigenvalue weighted by molar-refractivity contribution is 8.01. The molecule has 0 aliphatic rings. The van der Waals surface area contributed by atoms with Crippen molar-refractivity contribution in [1.82, 2.24) is 4.98 Å². The fraction of sp³-hybridized carbons (Fsp3) is 0.444. The molecule has 6 nitrogen and oxygen atoms in total. The van der Waals surface area contributed by atoms with Gasteiger partial charge in [-0.1, -0.05) is 11.3 Å². The van der Waals surface area contributed by atoms with Gasteiger partial charge in [0.1, 0.15) is 0 Å². The van der Waals surface area contributed by atoms with E-state index in [0.717, 1.165) is 9.90 Å². The third-order valence-electron chi connectivity index (χ3n) is 1.74. The summed E-state index contributed by atoms with van der Waals surface area (Å²) < 4.78 is 0.865. The van der Waals surface area contributed by atoms with Crippen molar-refractivity contribution >= 4 is 40.0 Å². The van der Waals surface area contributed by atoms with Crippen molar-refractivity contribution in [3.63, 3.8) is 0 Å². The molecule has 1 rings (SSSR count). The zero-order valence-corrected chi connectivity index (χ0v) is 11.2. The van der Waals surface area contributed by atoms with Gasteiger partial charge in [-0.3, -0.25) is 9.59 Å². The summed E-state index contributed by atoms with van der Waals surface area (Å²) in [5.74, 6) is -0.474. The second kappa shape index (κ2) is 5.99. The van der Waals surface area contributed by atoms with Crippen LogP contribution in [-0.2, 0) is 9.59 Å². The number of aromatic nitrogens is 1. The molecule has 0 bridgehead atoms. The standard InChI is InChI=1S/C9H14N4O2S2/c1-4(10)7(15)13-9-12-5(2)8(17-9)16-3-6(11)14/h4H,3,10H2,1-2H3,(H2,11,14)(H,12,13,15)/t4-/m1/s1. The number of nitrogens with two attached hydrogens (primary N) is 2. The first-order chi connectivity index (χ1) is 7.90. The number of nitrogens with one attached hydrogen (secondary N) is 1. The molecule has 8 heteroatoms. The number of carbonyl (C=O) groups excluding carboxylic acids is 2. The number of amides is 2. The van der Waals surface area contributed by atoms with Gasteiger partial charge in [-0.15, -0.1) is 11.8 Å². The minimum Gasteiger partial charge on any atom is -0.369 e. The van der Waals surface area contributed by atoms with Crippen LogP contribution in [0, 0.1) is 6.92 Å². The van der Waals surface area contributed by atoms with E-state index >= 15 is 0 Å². The summed E-state index contributed by atoms with van der Waals surface area (Å²) in [4.78, 5) is 26.2. The topological polar surface area (TPSA) is 111 Å². The van der Waals surface area contributed by atoms with Crippen molar-refractivity contribution < 1.29 is 9.59 Å². The largest absolute Gasteiger partial charge is 0.369 e. The van der Waals surface area contributed by atoms with Crippen LogP contribution in [0.1, 0.15) is 12.6 Å². The molecular formula is C9H14N4O2S2. The van der Waals surface area contributed by atoms with Gasteiger partial charge in [0.15, 0.2) is 5.13 Å². The molecule has 5 N–H and O–H groups in total. The molecule has 17 heavy (non-hydrogen) atoms. The first-order valence-corrected chi connectivity index (χ1v) is 6.65. The molecule has 1 atom stereocenters. The summed E-state index contributed by atoms with van der Waals surface area (Å²) in [6.45, 7) is 3.40. The third kappa shape index (κ3) is 4.33. The Bertz CT molecular complexity index is 431. The molecule has 0 aromatic carbocycles. The lowest BCUT2D eigenvalue weighted by molar-refractivity contribution is -0.117. The van der Waals surface area contributed by atoms with Crippen LogP contribution in [0.5, 0.6) is 0 Å². The lowest BCUT2D eigenvalue weighted by Crippen LogP contribution is -2.32. The Kier molecular flexibility index (Phi) is 4.91. The highest BCUT2D eigenvalue weighted by Gasteiger charge is 2.13. The van der Waals surface area contributed by atoms with Crippen molar-refractivity contribution in [2.45, 2.75) is 24.1 Å². The van der Waals surface area contributed by atoms with Gasteiger partial charge in [0.25, 0.3) is 0 Å². The zero-order chi connectivity index (χ0) is 13.0. The lowest BCUT2D eigenvalue weighted by atomic mass is 10.3. The molecular weight excluding hydrogens is 260 g/mol. The number of primary amides is 1. The van der Waals surface area contributed by atoms with Gasteiger partial charge in [0.05, 0.1) is 21.7 Å². The van der Waals surface area contributed by atoms with E-state index in [1.54, 1.807) is 13.8 Å². The minimum absolute atomic E-state index is 0.198. The molecule has 0 aliphatic carbocycles. The number of carbonyl (C=O) groups is 2. The summed E-state index contributed by atoms with van der Waals surface area (Å²) >= 11 is 2.61. The maximum absolute atomic E-state index is 11.3. The smallest absolute Gasteiger partial charge is 0.242 e. The molecule has 0 unspecified atom stereocenters. The first kappa shape index (κ1) is 13.9. The second-order valence-electron chi connectivity index (χ2n) is 3.42. The summed E-state index contributed by atoms with van der Waals surface area (Å²) in [7, 11) is 0. The lowest BCUT2D eigenvalue weighted by Gasteiger charge is -2.03. The quantitative estimate of drug-likeness (QED) is 0.669. The predicted molar refractivity (Wildman–Crippen MR) is 69.0 cm³/mol. The Morgan fingerprint density at radius 1 is 1.59 bits per heavy atom. The van der Waals surface area contributed by atoms with Gasteiger partial charge in [0, 0.05) is 0 Å². The summed E-state index contributed by atoms with van der Waals surface area (Å²) in [6.07, 6.45) is 0. The second-order valence-corrected chi connectivity index (χ2v) is 5.67. The van der Waals surface area contributed by atoms with Crippen LogP contribution in [-0.4, -0.2) is 28.6 Å². The van der Waals surface area contributed by atoms with Crippen LogP contribution in [0.25, 0.3) is 0 Å². The Balaban J connectivity index is 2.67. The normalized spacial score (nSPS) is 12.2. The van der Waals surface area contributed by atoms with Gasteiger partial charge >= 0.3 is 0 Å². The Morgan fingerprint density at radius 3 is 2.76 bits per heavy atom. The molecule has 1 heterocycles. The van der Waals surface area contributed by atoms with E-state index in [1.807, 2.05) is 0 Å². The van der Waals surface area contributed by atoms with Crippen molar-refractivity contribution in [3.8, 4) is 0 Å². The van der Waals surface area contributed by atoms with Crippen LogP contribution in [0.2, 0.25) is 0 Å². The SMILES string of the molecule is Cc1nc(NC(=O)[C@@H](C)N)sc1SCC(N)=O. The van der Waals surface area contributed by atoms with E-state index < -0.39 is 6.04 Å². The third-order valence-corrected chi connectivity index (χ3v) is 4.20. The molecule has 2 amide bonds. The molecule has 1 aromatic rings. The van der Waals surface area contributed by atoms with Crippen LogP contribution in [0.3, 0.4) is 0 Å². The molecule has 0 aliphatic heterocycles. The number of thiazole rings is 1. The molecule has 0 saturated heterocycles. The summed E-state index contributed by atoms with van der Waals surface area (Å²) in [5, 5.41) is 3.09. The van der Waals surface area contributed by atoms with Gasteiger partial charge < -0.3 is 16.8 Å². The van der Waals surface area contributed by atoms with E-state index in [-0.39, 0.29) is 17.6 Å². The maximum atomic E-state index is 11.3. The molecule has 94 valence electrons. The maximum Gasteiger partial charge on any atom is 0.242 e. The zero-order valence-electron chi connectivity index (χ0n) is 9.52. The molecule has 0 spiro atoms. The molecule has 0 fully saturated rings. The fourth-order valence-electron chi connectivity index (χ4n) is 0.926. The van der Waals surface area contributed by atoms with Crippen molar-refractivity contribution in [2.24, 2.45) is 11.5 Å². The number of thioether (sulfide) groups is 1. The van der Waals surface area contributed by atoms with Crippen molar-refractivity contribution in [1.29, 1.82) is 0 Å². The highest BCUT2D eigenvalue weighted by Crippen LogP contribution is 2.31. The number of anilines is 1. The van der Waals surface area contributed by atoms with Crippen LogP contribution < -0.4 is 16.8 Å². The van der Waals surface area contributed by atoms with Gasteiger partial charge in [-0.2, -0.15) is 0 Å². The Morgan fingerprint density at radius 2 is 2.24 bits per heavy atom. The van der Waals surface area contributed by atoms with Crippen LogP contribution >= 0.6 is 23.1 Å². The number of nitrogens with zero attached hydrogens (tertiary/aromatic N) is 1. The summed E-state index contributed by atoms with van der Waals surface area (Å²) in [5.41, 5.74) is 11.2. The minimum atomic E-state index is -0.582. The van der Waals surface area contributed by atoms with E-state index in [9.17, 15) is 9.59 Å². The van der Waals surface area contributed by atoms with Gasteiger partial charge in [-0.25, -0.2) is 4.98 Å². The molecule has 0 saturated carbocycles. The average Bonchev–Trinajstić information content (AvgIpc) is 2.55. The number of hydrogen-bond acceptors (Lipinski definition) is 6. The fourth-order valence-corrected chi connectivity index (χ4v) is 2.81. The summed E-state index contributed by atoms with van der Waals surface area (Å²) in [6, 6.07) is -0.582. The van der Waals surface area contributed by atoms with E-state index in [4.69, 9.17) is 11.5 Å². The number of rotatable bonds is 5. The van der Waals surface area contributed by atoms with Gasteiger partial charge in [-0.05, 0) is 13.8 Å². The van der Waals surface area contributed by atoms with Crippen molar-refractivity contribution in [3.05, 3.63) is 5.69 Å². The Labute approximate surface area is 107 Å². The number of hydrogen-bond donors (Lipinski definition) is 3. The van der Waals surface area contributed by atoms with E-state index in [0.29, 0.717) is 5.13 Å². The van der Waals surface area contributed by atoms with Crippen LogP contribution in [0.4, 0.5) is 5.13 Å². The number of aryl methyl sites for hydroxylation is 1. The van der Waals surface area contributed by atoms with Crippen LogP contribution in [0.15, 0.2) is 4.21 Å². The van der Waals surface area contributed by atoms with Gasteiger partial charge in [0.2, 0.25) is 11.8 Å². The van der Waals surface area contributed by atoms with E-state index in [1.165, 1.54) is 23.1 Å². The van der Waals surface area contributed by atoms with E-state index in [2.05, 4.69) is 10.3 Å². The monoisotopic (exact) mass is 274 g/mol. The molecule has 1 aromatic heterocycles. The Hall–Kier alpha value is -1.12. The first-order valence-electron chi connectivity index (χ1n) is 4.85. The average molecular weight is 274 g/mol. The van der Waals surface area contributed by atoms with Crippen molar-refractivity contribution in [2.75, 3.05) is 11.1 Å². The predicted octanol–water partition coefficient (Wildman–Crippen LogP) is 0.315. The highest BCUT2D eigenvalue weighted by atomic mass is 32.2.